The smallest absolute Gasteiger partial charge is 0.379 e. The average molecular weight is 554 g/mol. The molecule has 3 aliphatic heterocycles. The minimum absolute atomic E-state index is 0.0278. The van der Waals surface area contributed by atoms with E-state index in [4.69, 9.17) is 15.6 Å². The van der Waals surface area contributed by atoms with Crippen LogP contribution in [0.1, 0.15) is 64.7 Å². The molecule has 2 aromatic carbocycles. The maximum absolute atomic E-state index is 14.3. The highest BCUT2D eigenvalue weighted by molar-refractivity contribution is 6.10. The highest BCUT2D eigenvalue weighted by Gasteiger charge is 2.46. The second-order valence-corrected chi connectivity index (χ2v) is 12.1. The molecule has 1 amide bonds. The van der Waals surface area contributed by atoms with Crippen molar-refractivity contribution in [2.45, 2.75) is 56.8 Å². The summed E-state index contributed by atoms with van der Waals surface area (Å²) in [5.74, 6) is -0.163. The number of rotatable bonds is 7. The fourth-order valence-electron chi connectivity index (χ4n) is 6.56. The summed E-state index contributed by atoms with van der Waals surface area (Å²) in [5.41, 5.74) is 1.22. The number of alkyl halides is 3. The molecule has 0 bridgehead atoms. The van der Waals surface area contributed by atoms with E-state index < -0.39 is 23.1 Å². The largest absolute Gasteiger partial charge is 0.416 e. The van der Waals surface area contributed by atoms with Crippen LogP contribution in [-0.4, -0.2) is 61.2 Å². The number of carbonyl (C=O) groups excluding carboxylic acids is 1. The molecule has 0 aromatic heterocycles. The lowest BCUT2D eigenvalue weighted by Gasteiger charge is -2.43. The van der Waals surface area contributed by atoms with E-state index in [1.807, 2.05) is 12.1 Å². The van der Waals surface area contributed by atoms with Crippen molar-refractivity contribution in [3.05, 3.63) is 64.2 Å². The Morgan fingerprint density at radius 1 is 1.18 bits per heavy atom. The number of ether oxygens (including phenoxy) is 1. The zero-order valence-electron chi connectivity index (χ0n) is 22.6. The summed E-state index contributed by atoms with van der Waals surface area (Å²) >= 11 is 0. The fourth-order valence-corrected chi connectivity index (χ4v) is 6.56. The van der Waals surface area contributed by atoms with Gasteiger partial charge in [0.15, 0.2) is 0 Å². The van der Waals surface area contributed by atoms with Gasteiger partial charge in [-0.25, -0.2) is 0 Å². The van der Waals surface area contributed by atoms with Crippen LogP contribution < -0.4 is 4.90 Å². The number of nitrogens with zero attached hydrogens (tertiary/aromatic N) is 3. The Morgan fingerprint density at radius 3 is 2.60 bits per heavy atom. The highest BCUT2D eigenvalue weighted by Crippen LogP contribution is 2.52. The first-order valence-corrected chi connectivity index (χ1v) is 13.8. The van der Waals surface area contributed by atoms with Crippen LogP contribution in [0.25, 0.3) is 0 Å². The van der Waals surface area contributed by atoms with E-state index in [-0.39, 0.29) is 23.5 Å². The third kappa shape index (κ3) is 4.81. The van der Waals surface area contributed by atoms with E-state index in [2.05, 4.69) is 4.90 Å². The number of amides is 1. The van der Waals surface area contributed by atoms with Crippen LogP contribution in [0.5, 0.6) is 0 Å². The standard InChI is InChI=1S/C30H34F3N5O2/c1-36(19-34)26(35)13-29(17-40-18-29)21-4-2-5-22(12-21)38-15-24-23(27(38)39)10-20(11-25(24)30(31,32)33)14-37-9-3-6-28(16-37)7-8-28/h2,4-5,10-12,19,34-35H,3,6-9,13-18H2,1H3. The first-order chi connectivity index (χ1) is 19.0. The first-order valence-electron chi connectivity index (χ1n) is 13.8. The number of hydrogen-bond acceptors (Lipinski definition) is 5. The van der Waals surface area contributed by atoms with Crippen molar-refractivity contribution in [2.24, 2.45) is 5.41 Å². The van der Waals surface area contributed by atoms with Crippen LogP contribution in [0.15, 0.2) is 36.4 Å². The quantitative estimate of drug-likeness (QED) is 0.355. The van der Waals surface area contributed by atoms with Crippen LogP contribution >= 0.6 is 0 Å². The number of benzene rings is 2. The summed E-state index contributed by atoms with van der Waals surface area (Å²) in [6.45, 7) is 2.83. The first kappa shape index (κ1) is 27.0. The van der Waals surface area contributed by atoms with Crippen LogP contribution in [0.3, 0.4) is 0 Å². The molecule has 1 saturated carbocycles. The topological polar surface area (TPSA) is 83.7 Å². The number of piperidine rings is 1. The van der Waals surface area contributed by atoms with Gasteiger partial charge in [-0.3, -0.25) is 20.5 Å². The minimum Gasteiger partial charge on any atom is -0.379 e. The van der Waals surface area contributed by atoms with Crippen molar-refractivity contribution in [1.82, 2.24) is 9.80 Å². The Morgan fingerprint density at radius 2 is 1.95 bits per heavy atom. The van der Waals surface area contributed by atoms with Crippen LogP contribution in [0.2, 0.25) is 0 Å². The summed E-state index contributed by atoms with van der Waals surface area (Å²) in [6.07, 6.45) is 1.51. The van der Waals surface area contributed by atoms with Gasteiger partial charge < -0.3 is 14.5 Å². The number of halogens is 3. The Balaban J connectivity index is 1.28. The van der Waals surface area contributed by atoms with Crippen LogP contribution in [0, 0.1) is 16.2 Å². The van der Waals surface area contributed by atoms with Gasteiger partial charge in [0.2, 0.25) is 0 Å². The molecule has 0 unspecified atom stereocenters. The molecular formula is C30H34F3N5O2. The van der Waals surface area contributed by atoms with Crippen molar-refractivity contribution in [1.29, 1.82) is 10.8 Å². The second kappa shape index (κ2) is 9.69. The van der Waals surface area contributed by atoms with Gasteiger partial charge in [0.1, 0.15) is 5.84 Å². The fraction of sp³-hybridized carbons (Fsp3) is 0.500. The Hall–Kier alpha value is -3.24. The van der Waals surface area contributed by atoms with E-state index in [0.29, 0.717) is 42.8 Å². The predicted molar refractivity (Wildman–Crippen MR) is 146 cm³/mol. The van der Waals surface area contributed by atoms with Gasteiger partial charge in [0.05, 0.1) is 31.7 Å². The van der Waals surface area contributed by atoms with Crippen molar-refractivity contribution in [3.63, 3.8) is 0 Å². The van der Waals surface area contributed by atoms with E-state index in [9.17, 15) is 18.0 Å². The highest BCUT2D eigenvalue weighted by atomic mass is 19.4. The predicted octanol–water partition coefficient (Wildman–Crippen LogP) is 5.42. The summed E-state index contributed by atoms with van der Waals surface area (Å²) in [4.78, 5) is 18.7. The van der Waals surface area contributed by atoms with E-state index in [1.165, 1.54) is 35.1 Å². The number of fused-ring (bicyclic) bond motifs is 1. The monoisotopic (exact) mass is 553 g/mol. The zero-order valence-corrected chi connectivity index (χ0v) is 22.6. The van der Waals surface area contributed by atoms with Crippen molar-refractivity contribution in [2.75, 3.05) is 38.3 Å². The molecule has 4 aliphatic rings. The molecule has 2 aromatic rings. The van der Waals surface area contributed by atoms with Crippen LogP contribution in [-0.2, 0) is 29.4 Å². The van der Waals surface area contributed by atoms with Gasteiger partial charge in [0.25, 0.3) is 5.91 Å². The van der Waals surface area contributed by atoms with Gasteiger partial charge in [-0.2, -0.15) is 13.2 Å². The van der Waals surface area contributed by atoms with Gasteiger partial charge in [-0.05, 0) is 78.6 Å². The molecule has 212 valence electrons. The molecule has 6 rings (SSSR count). The van der Waals surface area contributed by atoms with E-state index in [0.717, 1.165) is 31.4 Å². The number of anilines is 1. The SMILES string of the molecule is CN(C=N)C(=N)CC1(c2cccc(N3Cc4c(cc(CN5CCCC6(CC6)C5)cc4C(F)(F)F)C3=O)c2)COC1. The zero-order chi connectivity index (χ0) is 28.3. The Kier molecular flexibility index (Phi) is 6.53. The molecule has 0 atom stereocenters. The Bertz CT molecular complexity index is 1370. The van der Waals surface area contributed by atoms with Crippen LogP contribution in [0.4, 0.5) is 18.9 Å². The van der Waals surface area contributed by atoms with Gasteiger partial charge in [-0.1, -0.05) is 12.1 Å². The molecule has 10 heteroatoms. The van der Waals surface area contributed by atoms with E-state index >= 15 is 0 Å². The number of amidine groups is 1. The number of nitrogens with one attached hydrogen (secondary N) is 2. The summed E-state index contributed by atoms with van der Waals surface area (Å²) in [6, 6.07) is 10.2. The molecule has 0 radical (unpaired) electrons. The normalized spacial score (nSPS) is 21.2. The minimum atomic E-state index is -4.56. The lowest BCUT2D eigenvalue weighted by Crippen LogP contribution is -2.49. The lowest BCUT2D eigenvalue weighted by molar-refractivity contribution is -0.138. The van der Waals surface area contributed by atoms with Gasteiger partial charge >= 0.3 is 6.18 Å². The number of hydrogen-bond donors (Lipinski definition) is 2. The molecule has 40 heavy (non-hydrogen) atoms. The summed E-state index contributed by atoms with van der Waals surface area (Å²) in [5, 5.41) is 15.8. The number of carbonyl (C=O) groups is 1. The molecule has 1 spiro atoms. The summed E-state index contributed by atoms with van der Waals surface area (Å²) in [7, 11) is 1.64. The average Bonchev–Trinajstić information content (AvgIpc) is 3.56. The maximum atomic E-state index is 14.3. The number of likely N-dealkylation sites (tertiary alicyclic amines) is 1. The maximum Gasteiger partial charge on any atom is 0.416 e. The molecule has 2 N–H and O–H groups in total. The third-order valence-corrected chi connectivity index (χ3v) is 9.16. The summed E-state index contributed by atoms with van der Waals surface area (Å²) < 4.78 is 48.4. The second-order valence-electron chi connectivity index (χ2n) is 12.1. The van der Waals surface area contributed by atoms with Gasteiger partial charge in [-0.15, -0.1) is 0 Å². The van der Waals surface area contributed by atoms with E-state index in [1.54, 1.807) is 25.2 Å². The Labute approximate surface area is 231 Å². The molecule has 3 heterocycles. The van der Waals surface area contributed by atoms with Crippen molar-refractivity contribution >= 4 is 23.8 Å². The third-order valence-electron chi connectivity index (χ3n) is 9.16. The lowest BCUT2D eigenvalue weighted by atomic mass is 9.75. The van der Waals surface area contributed by atoms with Crippen molar-refractivity contribution in [3.8, 4) is 0 Å². The molecule has 7 nitrogen and oxygen atoms in total. The van der Waals surface area contributed by atoms with Gasteiger partial charge in [0, 0.05) is 43.2 Å². The molecule has 3 fully saturated rings. The molecule has 2 saturated heterocycles. The van der Waals surface area contributed by atoms with Crippen molar-refractivity contribution < 1.29 is 22.7 Å². The molecular weight excluding hydrogens is 519 g/mol. The molecule has 1 aliphatic carbocycles.